The molecule has 3 rings (SSSR count). The van der Waals surface area contributed by atoms with Crippen LogP contribution in [0, 0.1) is 6.92 Å². The minimum atomic E-state index is 0.653. The van der Waals surface area contributed by atoms with Gasteiger partial charge in [0.2, 0.25) is 0 Å². The van der Waals surface area contributed by atoms with Crippen molar-refractivity contribution in [2.75, 3.05) is 6.54 Å². The van der Waals surface area contributed by atoms with Crippen molar-refractivity contribution in [3.8, 4) is 0 Å². The second kappa shape index (κ2) is 4.98. The maximum absolute atomic E-state index is 4.21. The highest BCUT2D eigenvalue weighted by molar-refractivity contribution is 5.21. The Kier molecular flexibility index (Phi) is 3.35. The van der Waals surface area contributed by atoms with Crippen LogP contribution in [0.3, 0.4) is 0 Å². The van der Waals surface area contributed by atoms with E-state index in [1.54, 1.807) is 0 Å². The minimum Gasteiger partial charge on any atom is -0.309 e. The number of likely N-dealkylation sites (tertiary alicyclic amines) is 1. The van der Waals surface area contributed by atoms with Gasteiger partial charge in [0.05, 0.1) is 0 Å². The molecule has 0 bridgehead atoms. The van der Waals surface area contributed by atoms with Gasteiger partial charge in [0.1, 0.15) is 0 Å². The molecule has 0 amide bonds. The molecule has 1 aromatic heterocycles. The maximum Gasteiger partial charge on any atom is 0.0315 e. The molecule has 1 N–H and O–H groups in total. The molecule has 1 saturated heterocycles. The molecule has 1 aromatic rings. The van der Waals surface area contributed by atoms with Crippen molar-refractivity contribution in [1.82, 2.24) is 15.2 Å². The predicted octanol–water partition coefficient (Wildman–Crippen LogP) is 2.10. The van der Waals surface area contributed by atoms with E-state index in [0.29, 0.717) is 6.04 Å². The van der Waals surface area contributed by atoms with Crippen molar-refractivity contribution in [3.63, 3.8) is 0 Å². The molecule has 2 heterocycles. The summed E-state index contributed by atoms with van der Waals surface area (Å²) in [5.74, 6) is 0. The van der Waals surface area contributed by atoms with Crippen LogP contribution >= 0.6 is 0 Å². The quantitative estimate of drug-likeness (QED) is 0.880. The van der Waals surface area contributed by atoms with Gasteiger partial charge < -0.3 is 5.32 Å². The molecule has 2 aliphatic rings. The van der Waals surface area contributed by atoms with Crippen molar-refractivity contribution in [2.24, 2.45) is 0 Å². The van der Waals surface area contributed by atoms with E-state index in [4.69, 9.17) is 0 Å². The third-order valence-electron chi connectivity index (χ3n) is 4.37. The summed E-state index contributed by atoms with van der Waals surface area (Å²) in [6, 6.07) is 4.39. The van der Waals surface area contributed by atoms with Gasteiger partial charge in [-0.3, -0.25) is 9.88 Å². The smallest absolute Gasteiger partial charge is 0.0315 e. The summed E-state index contributed by atoms with van der Waals surface area (Å²) in [6.45, 7) is 6.71. The van der Waals surface area contributed by atoms with Crippen LogP contribution in [-0.2, 0) is 6.54 Å². The molecule has 0 spiro atoms. The number of aromatic nitrogens is 1. The van der Waals surface area contributed by atoms with Crippen molar-refractivity contribution in [3.05, 3.63) is 29.6 Å². The number of pyridine rings is 1. The van der Waals surface area contributed by atoms with Crippen LogP contribution in [0.15, 0.2) is 18.5 Å². The Bertz CT molecular complexity index is 414. The number of hydrogen-bond acceptors (Lipinski definition) is 3. The SMILES string of the molecule is Cc1ccncc1CNC1CC(C)N(C2CC2)C1. The molecule has 0 aromatic carbocycles. The van der Waals surface area contributed by atoms with E-state index >= 15 is 0 Å². The zero-order valence-corrected chi connectivity index (χ0v) is 11.4. The lowest BCUT2D eigenvalue weighted by Crippen LogP contribution is -2.34. The van der Waals surface area contributed by atoms with E-state index in [1.807, 2.05) is 12.4 Å². The van der Waals surface area contributed by atoms with Gasteiger partial charge in [-0.2, -0.15) is 0 Å². The first-order valence-electron chi connectivity index (χ1n) is 7.12. The van der Waals surface area contributed by atoms with Crippen LogP contribution in [0.1, 0.15) is 37.3 Å². The first-order chi connectivity index (χ1) is 8.74. The standard InChI is InChI=1S/C15H23N3/c1-11-5-6-16-8-13(11)9-17-14-7-12(2)18(10-14)15-3-4-15/h5-6,8,12,14-15,17H,3-4,7,9-10H2,1-2H3. The zero-order valence-electron chi connectivity index (χ0n) is 11.4. The number of nitrogens with zero attached hydrogens (tertiary/aromatic N) is 2. The highest BCUT2D eigenvalue weighted by Crippen LogP contribution is 2.33. The summed E-state index contributed by atoms with van der Waals surface area (Å²) in [4.78, 5) is 6.90. The van der Waals surface area contributed by atoms with Crippen molar-refractivity contribution >= 4 is 0 Å². The topological polar surface area (TPSA) is 28.2 Å². The van der Waals surface area contributed by atoms with Gasteiger partial charge in [-0.05, 0) is 50.3 Å². The van der Waals surface area contributed by atoms with Gasteiger partial charge in [-0.15, -0.1) is 0 Å². The van der Waals surface area contributed by atoms with E-state index in [0.717, 1.165) is 18.6 Å². The fourth-order valence-electron chi connectivity index (χ4n) is 3.06. The Hall–Kier alpha value is -0.930. The van der Waals surface area contributed by atoms with Crippen LogP contribution in [-0.4, -0.2) is 34.6 Å². The third kappa shape index (κ3) is 2.57. The largest absolute Gasteiger partial charge is 0.309 e. The molecular formula is C15H23N3. The van der Waals surface area contributed by atoms with Crippen LogP contribution in [0.4, 0.5) is 0 Å². The highest BCUT2D eigenvalue weighted by Gasteiger charge is 2.38. The van der Waals surface area contributed by atoms with Crippen molar-refractivity contribution in [1.29, 1.82) is 0 Å². The fourth-order valence-corrected chi connectivity index (χ4v) is 3.06. The summed E-state index contributed by atoms with van der Waals surface area (Å²) in [7, 11) is 0. The molecule has 0 radical (unpaired) electrons. The maximum atomic E-state index is 4.21. The van der Waals surface area contributed by atoms with E-state index in [1.165, 1.54) is 36.9 Å². The average Bonchev–Trinajstić information content (AvgIpc) is 3.13. The molecule has 1 aliphatic carbocycles. The first kappa shape index (κ1) is 12.1. The van der Waals surface area contributed by atoms with E-state index in [2.05, 4.69) is 35.1 Å². The van der Waals surface area contributed by atoms with Crippen molar-refractivity contribution in [2.45, 2.75) is 57.8 Å². The van der Waals surface area contributed by atoms with Crippen LogP contribution in [0.5, 0.6) is 0 Å². The number of rotatable bonds is 4. The summed E-state index contributed by atoms with van der Waals surface area (Å²) >= 11 is 0. The molecule has 2 unspecified atom stereocenters. The van der Waals surface area contributed by atoms with Crippen LogP contribution < -0.4 is 5.32 Å². The summed E-state index contributed by atoms with van der Waals surface area (Å²) in [5, 5.41) is 3.70. The normalized spacial score (nSPS) is 28.8. The Morgan fingerprint density at radius 3 is 3.00 bits per heavy atom. The van der Waals surface area contributed by atoms with Crippen LogP contribution in [0.2, 0.25) is 0 Å². The van der Waals surface area contributed by atoms with Gasteiger partial charge in [0.25, 0.3) is 0 Å². The fraction of sp³-hybridized carbons (Fsp3) is 0.667. The average molecular weight is 245 g/mol. The van der Waals surface area contributed by atoms with E-state index < -0.39 is 0 Å². The Morgan fingerprint density at radius 2 is 2.28 bits per heavy atom. The number of hydrogen-bond donors (Lipinski definition) is 1. The van der Waals surface area contributed by atoms with Gasteiger partial charge in [-0.25, -0.2) is 0 Å². The Balaban J connectivity index is 1.53. The molecule has 3 heteroatoms. The molecule has 1 saturated carbocycles. The van der Waals surface area contributed by atoms with Gasteiger partial charge in [0, 0.05) is 43.6 Å². The second-order valence-corrected chi connectivity index (χ2v) is 5.89. The van der Waals surface area contributed by atoms with E-state index in [9.17, 15) is 0 Å². The predicted molar refractivity (Wildman–Crippen MR) is 73.4 cm³/mol. The molecule has 98 valence electrons. The number of nitrogens with one attached hydrogen (secondary N) is 1. The second-order valence-electron chi connectivity index (χ2n) is 5.89. The van der Waals surface area contributed by atoms with E-state index in [-0.39, 0.29) is 0 Å². The lowest BCUT2D eigenvalue weighted by molar-refractivity contribution is 0.255. The van der Waals surface area contributed by atoms with Gasteiger partial charge >= 0.3 is 0 Å². The molecule has 3 nitrogen and oxygen atoms in total. The molecule has 2 atom stereocenters. The molecule has 18 heavy (non-hydrogen) atoms. The molecule has 2 fully saturated rings. The molecular weight excluding hydrogens is 222 g/mol. The molecule has 1 aliphatic heterocycles. The lowest BCUT2D eigenvalue weighted by Gasteiger charge is -2.19. The van der Waals surface area contributed by atoms with Crippen molar-refractivity contribution < 1.29 is 0 Å². The Labute approximate surface area is 110 Å². The summed E-state index contributed by atoms with van der Waals surface area (Å²) in [6.07, 6.45) is 7.97. The highest BCUT2D eigenvalue weighted by atomic mass is 15.3. The monoisotopic (exact) mass is 245 g/mol. The lowest BCUT2D eigenvalue weighted by atomic mass is 10.1. The van der Waals surface area contributed by atoms with Gasteiger partial charge in [0.15, 0.2) is 0 Å². The first-order valence-corrected chi connectivity index (χ1v) is 7.12. The summed E-state index contributed by atoms with van der Waals surface area (Å²) in [5.41, 5.74) is 2.66. The summed E-state index contributed by atoms with van der Waals surface area (Å²) < 4.78 is 0. The number of aryl methyl sites for hydroxylation is 1. The van der Waals surface area contributed by atoms with Crippen LogP contribution in [0.25, 0.3) is 0 Å². The third-order valence-corrected chi connectivity index (χ3v) is 4.37. The zero-order chi connectivity index (χ0) is 12.5. The van der Waals surface area contributed by atoms with Gasteiger partial charge in [-0.1, -0.05) is 0 Å². The Morgan fingerprint density at radius 1 is 1.44 bits per heavy atom. The minimum absolute atomic E-state index is 0.653.